The van der Waals surface area contributed by atoms with Crippen LogP contribution in [0.4, 0.5) is 0 Å². The third-order valence-corrected chi connectivity index (χ3v) is 5.98. The van der Waals surface area contributed by atoms with Crippen molar-refractivity contribution in [1.29, 1.82) is 0 Å². The van der Waals surface area contributed by atoms with Crippen LogP contribution in [0, 0.1) is 0 Å². The van der Waals surface area contributed by atoms with Gasteiger partial charge in [0.25, 0.3) is 11.8 Å². The Labute approximate surface area is 167 Å². The molecule has 4 rings (SSSR count). The van der Waals surface area contributed by atoms with Crippen molar-refractivity contribution in [2.45, 2.75) is 43.8 Å². The predicted octanol–water partition coefficient (Wildman–Crippen LogP) is -0.708. The number of carbonyl (C=O) groups excluding carboxylic acids is 4. The first-order valence-corrected chi connectivity index (χ1v) is 9.86. The Morgan fingerprint density at radius 1 is 1.21 bits per heavy atom. The van der Waals surface area contributed by atoms with Crippen LogP contribution < -0.4 is 16.0 Å². The van der Waals surface area contributed by atoms with Crippen LogP contribution >= 0.6 is 0 Å². The van der Waals surface area contributed by atoms with Crippen molar-refractivity contribution >= 4 is 23.6 Å². The molecule has 0 aromatic heterocycles. The fourth-order valence-corrected chi connectivity index (χ4v) is 4.32. The van der Waals surface area contributed by atoms with Gasteiger partial charge in [-0.15, -0.1) is 0 Å². The second kappa shape index (κ2) is 7.66. The highest BCUT2D eigenvalue weighted by atomic mass is 16.3. The molecule has 2 atom stereocenters. The molecule has 3 aliphatic rings. The first-order chi connectivity index (χ1) is 14.0. The van der Waals surface area contributed by atoms with Crippen LogP contribution in [0.5, 0.6) is 0 Å². The molecule has 0 saturated carbocycles. The highest BCUT2D eigenvalue weighted by molar-refractivity contribution is 6.24. The molecule has 1 aromatic rings. The van der Waals surface area contributed by atoms with Crippen LogP contribution in [-0.2, 0) is 16.1 Å². The van der Waals surface area contributed by atoms with Gasteiger partial charge < -0.3 is 15.7 Å². The van der Waals surface area contributed by atoms with E-state index in [4.69, 9.17) is 0 Å². The molecule has 2 saturated heterocycles. The van der Waals surface area contributed by atoms with Crippen molar-refractivity contribution in [2.75, 3.05) is 19.7 Å². The summed E-state index contributed by atoms with van der Waals surface area (Å²) < 4.78 is 0. The van der Waals surface area contributed by atoms with Crippen LogP contribution in [0.25, 0.3) is 0 Å². The van der Waals surface area contributed by atoms with Gasteiger partial charge in [-0.25, -0.2) is 0 Å². The first-order valence-electron chi connectivity index (χ1n) is 9.86. The summed E-state index contributed by atoms with van der Waals surface area (Å²) in [5, 5.41) is 18.7. The largest absolute Gasteiger partial charge is 0.394 e. The van der Waals surface area contributed by atoms with Gasteiger partial charge in [0.05, 0.1) is 23.3 Å². The van der Waals surface area contributed by atoms with Gasteiger partial charge in [0, 0.05) is 19.5 Å². The summed E-state index contributed by atoms with van der Waals surface area (Å²) in [6.45, 7) is 1.80. The number of fused-ring (bicyclic) bond motifs is 1. The topological polar surface area (TPSA) is 128 Å². The molecule has 1 aromatic carbocycles. The fourth-order valence-electron chi connectivity index (χ4n) is 4.32. The Hall–Kier alpha value is -2.62. The van der Waals surface area contributed by atoms with Crippen LogP contribution in [-0.4, -0.2) is 64.9 Å². The standard InChI is InChI=1S/C20H24N4O5/c25-11-20(7-2-8-21-10-20)22-9-12-3-1-4-13-16(12)19(29)24(18(13)28)14-5-6-15(26)23-17(14)27/h1,3-4,14,21-22,25H,2,5-11H2,(H,23,26,27). The number of nitrogens with one attached hydrogen (secondary N) is 3. The summed E-state index contributed by atoms with van der Waals surface area (Å²) in [6, 6.07) is 4.08. The van der Waals surface area contributed by atoms with E-state index < -0.39 is 35.2 Å². The van der Waals surface area contributed by atoms with Crippen LogP contribution in [0.2, 0.25) is 0 Å². The Morgan fingerprint density at radius 3 is 2.72 bits per heavy atom. The third-order valence-electron chi connectivity index (χ3n) is 5.98. The molecule has 3 aliphatic heterocycles. The highest BCUT2D eigenvalue weighted by Gasteiger charge is 2.45. The molecule has 4 N–H and O–H groups in total. The maximum absolute atomic E-state index is 13.1. The maximum atomic E-state index is 13.1. The van der Waals surface area contributed by atoms with Gasteiger partial charge in [0.15, 0.2) is 0 Å². The molecule has 29 heavy (non-hydrogen) atoms. The van der Waals surface area contributed by atoms with Gasteiger partial charge in [-0.2, -0.15) is 0 Å². The lowest BCUT2D eigenvalue weighted by Gasteiger charge is -2.37. The van der Waals surface area contributed by atoms with E-state index in [9.17, 15) is 24.3 Å². The van der Waals surface area contributed by atoms with E-state index in [-0.39, 0.29) is 30.6 Å². The molecule has 0 spiro atoms. The minimum absolute atomic E-state index is 0.0374. The van der Waals surface area contributed by atoms with Crippen molar-refractivity contribution < 1.29 is 24.3 Å². The number of piperidine rings is 2. The van der Waals surface area contributed by atoms with Crippen molar-refractivity contribution in [3.63, 3.8) is 0 Å². The van der Waals surface area contributed by atoms with E-state index in [1.165, 1.54) is 0 Å². The number of nitrogens with zero attached hydrogens (tertiary/aromatic N) is 1. The first kappa shape index (κ1) is 19.7. The lowest BCUT2D eigenvalue weighted by atomic mass is 9.90. The molecular formula is C20H24N4O5. The summed E-state index contributed by atoms with van der Waals surface area (Å²) >= 11 is 0. The molecule has 3 heterocycles. The number of amides is 4. The zero-order chi connectivity index (χ0) is 20.6. The van der Waals surface area contributed by atoms with Crippen LogP contribution in [0.15, 0.2) is 18.2 Å². The van der Waals surface area contributed by atoms with Crippen LogP contribution in [0.1, 0.15) is 52.0 Å². The van der Waals surface area contributed by atoms with Crippen molar-refractivity contribution in [2.24, 2.45) is 0 Å². The minimum Gasteiger partial charge on any atom is -0.394 e. The number of aliphatic hydroxyl groups is 1. The number of benzene rings is 1. The number of carbonyl (C=O) groups is 4. The van der Waals surface area contributed by atoms with E-state index in [2.05, 4.69) is 16.0 Å². The van der Waals surface area contributed by atoms with E-state index >= 15 is 0 Å². The normalized spacial score (nSPS) is 27.2. The van der Waals surface area contributed by atoms with Gasteiger partial charge in [0.2, 0.25) is 11.8 Å². The monoisotopic (exact) mass is 400 g/mol. The number of imide groups is 2. The predicted molar refractivity (Wildman–Crippen MR) is 102 cm³/mol. The lowest BCUT2D eigenvalue weighted by Crippen LogP contribution is -2.58. The van der Waals surface area contributed by atoms with Crippen molar-refractivity contribution in [3.05, 3.63) is 34.9 Å². The van der Waals surface area contributed by atoms with Crippen molar-refractivity contribution in [1.82, 2.24) is 20.9 Å². The molecule has 9 nitrogen and oxygen atoms in total. The average Bonchev–Trinajstić information content (AvgIpc) is 2.98. The smallest absolute Gasteiger partial charge is 0.262 e. The minimum atomic E-state index is -0.979. The SMILES string of the molecule is O=C1CCC(N2C(=O)c3cccc(CNC4(CO)CCCNC4)c3C2=O)C(=O)N1. The molecule has 154 valence electrons. The second-order valence-electron chi connectivity index (χ2n) is 7.86. The van der Waals surface area contributed by atoms with E-state index in [0.29, 0.717) is 18.7 Å². The Balaban J connectivity index is 1.58. The summed E-state index contributed by atoms with van der Waals surface area (Å²) in [5.41, 5.74) is 0.718. The second-order valence-corrected chi connectivity index (χ2v) is 7.86. The molecular weight excluding hydrogens is 376 g/mol. The van der Waals surface area contributed by atoms with Gasteiger partial charge >= 0.3 is 0 Å². The number of hydrogen-bond acceptors (Lipinski definition) is 7. The number of rotatable bonds is 5. The summed E-state index contributed by atoms with van der Waals surface area (Å²) in [7, 11) is 0. The summed E-state index contributed by atoms with van der Waals surface area (Å²) in [6.07, 6.45) is 1.95. The lowest BCUT2D eigenvalue weighted by molar-refractivity contribution is -0.136. The highest BCUT2D eigenvalue weighted by Crippen LogP contribution is 2.30. The molecule has 2 fully saturated rings. The van der Waals surface area contributed by atoms with Gasteiger partial charge in [-0.1, -0.05) is 12.1 Å². The molecule has 0 aliphatic carbocycles. The van der Waals surface area contributed by atoms with E-state index in [1.807, 2.05) is 0 Å². The Morgan fingerprint density at radius 2 is 2.03 bits per heavy atom. The molecule has 9 heteroatoms. The average molecular weight is 400 g/mol. The van der Waals surface area contributed by atoms with Gasteiger partial charge in [-0.05, 0) is 37.4 Å². The molecule has 0 bridgehead atoms. The molecule has 2 unspecified atom stereocenters. The van der Waals surface area contributed by atoms with Gasteiger partial charge in [-0.3, -0.25) is 29.4 Å². The van der Waals surface area contributed by atoms with Gasteiger partial charge in [0.1, 0.15) is 6.04 Å². The quantitative estimate of drug-likeness (QED) is 0.481. The van der Waals surface area contributed by atoms with E-state index in [0.717, 1.165) is 24.3 Å². The Kier molecular flexibility index (Phi) is 5.20. The summed E-state index contributed by atoms with van der Waals surface area (Å²) in [4.78, 5) is 50.6. The number of aliphatic hydroxyl groups excluding tert-OH is 1. The maximum Gasteiger partial charge on any atom is 0.262 e. The zero-order valence-corrected chi connectivity index (χ0v) is 16.0. The summed E-state index contributed by atoms with van der Waals surface area (Å²) in [5.74, 6) is -2.06. The Bertz CT molecular complexity index is 878. The fraction of sp³-hybridized carbons (Fsp3) is 0.500. The number of hydrogen-bond donors (Lipinski definition) is 4. The van der Waals surface area contributed by atoms with Crippen molar-refractivity contribution in [3.8, 4) is 0 Å². The van der Waals surface area contributed by atoms with Crippen LogP contribution in [0.3, 0.4) is 0 Å². The zero-order valence-electron chi connectivity index (χ0n) is 16.0. The van der Waals surface area contributed by atoms with E-state index in [1.54, 1.807) is 18.2 Å². The molecule has 4 amide bonds. The third kappa shape index (κ3) is 3.45. The molecule has 0 radical (unpaired) electrons.